The van der Waals surface area contributed by atoms with E-state index in [4.69, 9.17) is 0 Å². The number of aliphatic hydroxyl groups is 1. The highest BCUT2D eigenvalue weighted by Crippen LogP contribution is 2.23. The average molecular weight is 284 g/mol. The van der Waals surface area contributed by atoms with Crippen molar-refractivity contribution in [2.24, 2.45) is 0 Å². The predicted molar refractivity (Wildman–Crippen MR) is 86.3 cm³/mol. The number of hydrogen-bond donors (Lipinski definition) is 2. The molecule has 1 aromatic heterocycles. The molecular weight excluding hydrogens is 260 g/mol. The Kier molecular flexibility index (Phi) is 4.22. The summed E-state index contributed by atoms with van der Waals surface area (Å²) in [6.07, 6.45) is 5.09. The summed E-state index contributed by atoms with van der Waals surface area (Å²) in [7, 11) is 0. The average Bonchev–Trinajstić information content (AvgIpc) is 2.47. The summed E-state index contributed by atoms with van der Waals surface area (Å²) in [6.45, 7) is 3.01. The van der Waals surface area contributed by atoms with Gasteiger partial charge in [0.05, 0.1) is 11.1 Å². The standard InChI is InChI=1S/C18H24N2O/c1-18(21,12-15-7-4-5-11-19-15)13-16-10-9-14-6-2-3-8-17(14)20-16/h2-3,6,8-10,15,19,21H,4-5,7,11-13H2,1H3. The van der Waals surface area contributed by atoms with Crippen LogP contribution < -0.4 is 5.32 Å². The Balaban J connectivity index is 1.70. The van der Waals surface area contributed by atoms with Crippen LogP contribution in [0.5, 0.6) is 0 Å². The highest BCUT2D eigenvalue weighted by atomic mass is 16.3. The largest absolute Gasteiger partial charge is 0.390 e. The number of aromatic nitrogens is 1. The summed E-state index contributed by atoms with van der Waals surface area (Å²) in [6, 6.07) is 12.7. The predicted octanol–water partition coefficient (Wildman–Crippen LogP) is 3.06. The summed E-state index contributed by atoms with van der Waals surface area (Å²) < 4.78 is 0. The van der Waals surface area contributed by atoms with E-state index < -0.39 is 5.60 Å². The van der Waals surface area contributed by atoms with Crippen LogP contribution in [0.25, 0.3) is 10.9 Å². The lowest BCUT2D eigenvalue weighted by Gasteiger charge is -2.31. The molecule has 1 saturated heterocycles. The molecule has 1 fully saturated rings. The first kappa shape index (κ1) is 14.5. The van der Waals surface area contributed by atoms with Crippen LogP contribution in [-0.4, -0.2) is 28.3 Å². The van der Waals surface area contributed by atoms with Crippen molar-refractivity contribution >= 4 is 10.9 Å². The number of benzene rings is 1. The van der Waals surface area contributed by atoms with Crippen LogP contribution in [0.15, 0.2) is 36.4 Å². The lowest BCUT2D eigenvalue weighted by Crippen LogP contribution is -2.42. The Bertz CT molecular complexity index is 603. The molecule has 2 unspecified atom stereocenters. The molecule has 3 rings (SSSR count). The van der Waals surface area contributed by atoms with Gasteiger partial charge >= 0.3 is 0 Å². The minimum Gasteiger partial charge on any atom is -0.390 e. The van der Waals surface area contributed by atoms with Crippen LogP contribution in [0, 0.1) is 0 Å². The van der Waals surface area contributed by atoms with Gasteiger partial charge in [0.25, 0.3) is 0 Å². The molecule has 0 bridgehead atoms. The maximum atomic E-state index is 10.7. The van der Waals surface area contributed by atoms with Crippen molar-refractivity contribution in [3.05, 3.63) is 42.1 Å². The van der Waals surface area contributed by atoms with Crippen LogP contribution in [0.3, 0.4) is 0 Å². The Labute approximate surface area is 126 Å². The van der Waals surface area contributed by atoms with E-state index in [0.717, 1.165) is 29.6 Å². The number of hydrogen-bond acceptors (Lipinski definition) is 3. The third-order valence-corrected chi connectivity index (χ3v) is 4.32. The molecule has 3 heteroatoms. The fraction of sp³-hybridized carbons (Fsp3) is 0.500. The molecule has 1 aromatic carbocycles. The highest BCUT2D eigenvalue weighted by Gasteiger charge is 2.27. The van der Waals surface area contributed by atoms with E-state index in [-0.39, 0.29) is 0 Å². The number of fused-ring (bicyclic) bond motifs is 1. The van der Waals surface area contributed by atoms with Gasteiger partial charge in [0, 0.05) is 23.5 Å². The van der Waals surface area contributed by atoms with Gasteiger partial charge < -0.3 is 10.4 Å². The number of pyridine rings is 1. The minimum absolute atomic E-state index is 0.439. The molecule has 1 aliphatic heterocycles. The molecule has 0 saturated carbocycles. The zero-order valence-electron chi connectivity index (χ0n) is 12.7. The van der Waals surface area contributed by atoms with Gasteiger partial charge in [-0.2, -0.15) is 0 Å². The minimum atomic E-state index is -0.704. The smallest absolute Gasteiger partial charge is 0.0705 e. The van der Waals surface area contributed by atoms with Gasteiger partial charge in [-0.3, -0.25) is 4.98 Å². The lowest BCUT2D eigenvalue weighted by molar-refractivity contribution is 0.0363. The summed E-state index contributed by atoms with van der Waals surface area (Å²) in [5.74, 6) is 0. The molecule has 1 aliphatic rings. The maximum Gasteiger partial charge on any atom is 0.0705 e. The molecule has 0 spiro atoms. The van der Waals surface area contributed by atoms with E-state index >= 15 is 0 Å². The molecule has 2 aromatic rings. The molecule has 2 heterocycles. The zero-order valence-corrected chi connectivity index (χ0v) is 12.7. The third-order valence-electron chi connectivity index (χ3n) is 4.32. The van der Waals surface area contributed by atoms with E-state index in [1.165, 1.54) is 19.3 Å². The van der Waals surface area contributed by atoms with E-state index in [0.29, 0.717) is 12.5 Å². The summed E-state index contributed by atoms with van der Waals surface area (Å²) in [4.78, 5) is 4.67. The van der Waals surface area contributed by atoms with Gasteiger partial charge in [-0.25, -0.2) is 0 Å². The van der Waals surface area contributed by atoms with Gasteiger partial charge in [0.1, 0.15) is 0 Å². The maximum absolute atomic E-state index is 10.7. The van der Waals surface area contributed by atoms with Crippen LogP contribution in [0.4, 0.5) is 0 Å². The molecular formula is C18H24N2O. The highest BCUT2D eigenvalue weighted by molar-refractivity contribution is 5.78. The van der Waals surface area contributed by atoms with Crippen molar-refractivity contribution in [2.45, 2.75) is 50.7 Å². The van der Waals surface area contributed by atoms with Gasteiger partial charge in [0.15, 0.2) is 0 Å². The number of piperidine rings is 1. The molecule has 3 nitrogen and oxygen atoms in total. The molecule has 2 atom stereocenters. The van der Waals surface area contributed by atoms with Gasteiger partial charge in [-0.05, 0) is 44.9 Å². The third kappa shape index (κ3) is 3.80. The summed E-state index contributed by atoms with van der Waals surface area (Å²) >= 11 is 0. The van der Waals surface area contributed by atoms with Crippen molar-refractivity contribution in [1.29, 1.82) is 0 Å². The Morgan fingerprint density at radius 1 is 1.24 bits per heavy atom. The van der Waals surface area contributed by atoms with Crippen LogP contribution in [-0.2, 0) is 6.42 Å². The zero-order chi connectivity index (χ0) is 14.7. The lowest BCUT2D eigenvalue weighted by atomic mass is 9.88. The van der Waals surface area contributed by atoms with Crippen LogP contribution in [0.1, 0.15) is 38.3 Å². The quantitative estimate of drug-likeness (QED) is 0.907. The summed E-state index contributed by atoms with van der Waals surface area (Å²) in [5.41, 5.74) is 1.26. The van der Waals surface area contributed by atoms with Gasteiger partial charge in [-0.1, -0.05) is 30.7 Å². The Morgan fingerprint density at radius 3 is 2.90 bits per heavy atom. The van der Waals surface area contributed by atoms with Crippen molar-refractivity contribution in [1.82, 2.24) is 10.3 Å². The second kappa shape index (κ2) is 6.12. The van der Waals surface area contributed by atoms with E-state index in [1.807, 2.05) is 31.2 Å². The van der Waals surface area contributed by atoms with E-state index in [9.17, 15) is 5.11 Å². The molecule has 0 radical (unpaired) electrons. The monoisotopic (exact) mass is 284 g/mol. The van der Waals surface area contributed by atoms with E-state index in [1.54, 1.807) is 0 Å². The first-order valence-electron chi connectivity index (χ1n) is 7.93. The first-order valence-corrected chi connectivity index (χ1v) is 7.93. The van der Waals surface area contributed by atoms with Gasteiger partial charge in [-0.15, -0.1) is 0 Å². The Morgan fingerprint density at radius 2 is 2.10 bits per heavy atom. The molecule has 0 amide bonds. The van der Waals surface area contributed by atoms with Gasteiger partial charge in [0.2, 0.25) is 0 Å². The fourth-order valence-corrected chi connectivity index (χ4v) is 3.30. The van der Waals surface area contributed by atoms with Crippen LogP contribution in [0.2, 0.25) is 0 Å². The molecule has 112 valence electrons. The van der Waals surface area contributed by atoms with Crippen molar-refractivity contribution in [3.63, 3.8) is 0 Å². The van der Waals surface area contributed by atoms with Crippen molar-refractivity contribution in [2.75, 3.05) is 6.54 Å². The van der Waals surface area contributed by atoms with E-state index in [2.05, 4.69) is 22.4 Å². The normalized spacial score (nSPS) is 22.1. The SMILES string of the molecule is CC(O)(Cc1ccc2ccccc2n1)CC1CCCCN1. The first-order chi connectivity index (χ1) is 10.1. The summed E-state index contributed by atoms with van der Waals surface area (Å²) in [5, 5.41) is 15.4. The number of para-hydroxylation sites is 1. The molecule has 0 aliphatic carbocycles. The number of nitrogens with one attached hydrogen (secondary N) is 1. The number of nitrogens with zero attached hydrogens (tertiary/aromatic N) is 1. The Hall–Kier alpha value is -1.45. The topological polar surface area (TPSA) is 45.2 Å². The molecule has 21 heavy (non-hydrogen) atoms. The number of rotatable bonds is 4. The second-order valence-corrected chi connectivity index (χ2v) is 6.52. The van der Waals surface area contributed by atoms with Crippen molar-refractivity contribution < 1.29 is 5.11 Å². The molecule has 2 N–H and O–H groups in total. The second-order valence-electron chi connectivity index (χ2n) is 6.52. The van der Waals surface area contributed by atoms with Crippen LogP contribution >= 0.6 is 0 Å². The fourth-order valence-electron chi connectivity index (χ4n) is 3.30. The van der Waals surface area contributed by atoms with Crippen molar-refractivity contribution in [3.8, 4) is 0 Å².